The van der Waals surface area contributed by atoms with Crippen molar-refractivity contribution in [2.24, 2.45) is 0 Å². The first-order chi connectivity index (χ1) is 13.0. The Kier molecular flexibility index (Phi) is 6.12. The van der Waals surface area contributed by atoms with E-state index in [4.69, 9.17) is 0 Å². The lowest BCUT2D eigenvalue weighted by Crippen LogP contribution is -2.28. The van der Waals surface area contributed by atoms with E-state index in [1.165, 1.54) is 31.0 Å². The van der Waals surface area contributed by atoms with E-state index in [-0.39, 0.29) is 11.8 Å². The standard InChI is InChI=1S/C22H27N3O2/c1-17(26)23-15-18-9-11-19(12-10-18)22(27)24(2)16-20-7-3-4-8-21(20)25-13-5-6-14-25/h3-4,7-12H,5-6,13-16H2,1-2H3,(H,23,26). The molecule has 2 amide bonds. The van der Waals surface area contributed by atoms with Crippen LogP contribution in [0.1, 0.15) is 41.3 Å². The molecular weight excluding hydrogens is 338 g/mol. The predicted molar refractivity (Wildman–Crippen MR) is 108 cm³/mol. The van der Waals surface area contributed by atoms with E-state index in [0.717, 1.165) is 18.7 Å². The van der Waals surface area contributed by atoms with Crippen molar-refractivity contribution in [1.29, 1.82) is 0 Å². The van der Waals surface area contributed by atoms with Gasteiger partial charge in [-0.1, -0.05) is 30.3 Å². The number of rotatable bonds is 6. The van der Waals surface area contributed by atoms with Crippen LogP contribution in [0.25, 0.3) is 0 Å². The highest BCUT2D eigenvalue weighted by atomic mass is 16.2. The predicted octanol–water partition coefficient (Wildman–Crippen LogP) is 3.20. The highest BCUT2D eigenvalue weighted by Crippen LogP contribution is 2.25. The number of benzene rings is 2. The van der Waals surface area contributed by atoms with Gasteiger partial charge in [-0.15, -0.1) is 0 Å². The van der Waals surface area contributed by atoms with E-state index < -0.39 is 0 Å². The lowest BCUT2D eigenvalue weighted by atomic mass is 10.1. The number of para-hydroxylation sites is 1. The SMILES string of the molecule is CC(=O)NCc1ccc(C(=O)N(C)Cc2ccccc2N2CCCC2)cc1. The van der Waals surface area contributed by atoms with Crippen molar-refractivity contribution in [3.05, 3.63) is 65.2 Å². The molecule has 1 saturated heterocycles. The molecule has 1 aliphatic heterocycles. The molecule has 1 N–H and O–H groups in total. The summed E-state index contributed by atoms with van der Waals surface area (Å²) in [6.07, 6.45) is 2.46. The Morgan fingerprint density at radius 3 is 2.37 bits per heavy atom. The van der Waals surface area contributed by atoms with Crippen LogP contribution in [-0.2, 0) is 17.9 Å². The summed E-state index contributed by atoms with van der Waals surface area (Å²) in [6.45, 7) is 4.73. The summed E-state index contributed by atoms with van der Waals surface area (Å²) in [5.74, 6) is -0.0659. The van der Waals surface area contributed by atoms with E-state index in [1.807, 2.05) is 37.4 Å². The molecule has 0 spiro atoms. The topological polar surface area (TPSA) is 52.7 Å². The molecule has 0 aromatic heterocycles. The second-order valence-corrected chi connectivity index (χ2v) is 7.09. The van der Waals surface area contributed by atoms with Crippen LogP contribution in [0.3, 0.4) is 0 Å². The van der Waals surface area contributed by atoms with E-state index in [9.17, 15) is 9.59 Å². The lowest BCUT2D eigenvalue weighted by molar-refractivity contribution is -0.119. The number of hydrogen-bond donors (Lipinski definition) is 1. The second kappa shape index (κ2) is 8.71. The van der Waals surface area contributed by atoms with Crippen LogP contribution in [0, 0.1) is 0 Å². The Morgan fingerprint density at radius 2 is 1.70 bits per heavy atom. The van der Waals surface area contributed by atoms with Crippen LogP contribution in [0.5, 0.6) is 0 Å². The fourth-order valence-electron chi connectivity index (χ4n) is 3.45. The first kappa shape index (κ1) is 19.0. The van der Waals surface area contributed by atoms with Gasteiger partial charge in [-0.3, -0.25) is 9.59 Å². The van der Waals surface area contributed by atoms with Gasteiger partial charge in [0.1, 0.15) is 0 Å². The molecule has 0 atom stereocenters. The molecule has 3 rings (SSSR count). The Morgan fingerprint density at radius 1 is 1.04 bits per heavy atom. The van der Waals surface area contributed by atoms with Crippen molar-refractivity contribution in [1.82, 2.24) is 10.2 Å². The zero-order chi connectivity index (χ0) is 19.2. The lowest BCUT2D eigenvalue weighted by Gasteiger charge is -2.24. The minimum absolute atomic E-state index is 0.00250. The van der Waals surface area contributed by atoms with Crippen LogP contribution in [0.4, 0.5) is 5.69 Å². The average Bonchev–Trinajstić information content (AvgIpc) is 3.21. The number of carbonyl (C=O) groups excluding carboxylic acids is 2. The summed E-state index contributed by atoms with van der Waals surface area (Å²) >= 11 is 0. The number of hydrogen-bond acceptors (Lipinski definition) is 3. The van der Waals surface area contributed by atoms with Gasteiger partial charge in [0.25, 0.3) is 5.91 Å². The van der Waals surface area contributed by atoms with E-state index >= 15 is 0 Å². The van der Waals surface area contributed by atoms with Crippen molar-refractivity contribution in [3.63, 3.8) is 0 Å². The van der Waals surface area contributed by atoms with Crippen LogP contribution in [0.2, 0.25) is 0 Å². The van der Waals surface area contributed by atoms with Crippen molar-refractivity contribution in [2.75, 3.05) is 25.0 Å². The van der Waals surface area contributed by atoms with Gasteiger partial charge >= 0.3 is 0 Å². The fraction of sp³-hybridized carbons (Fsp3) is 0.364. The summed E-state index contributed by atoms with van der Waals surface area (Å²) in [7, 11) is 1.84. The number of nitrogens with one attached hydrogen (secondary N) is 1. The van der Waals surface area contributed by atoms with Crippen molar-refractivity contribution in [3.8, 4) is 0 Å². The average molecular weight is 365 g/mol. The van der Waals surface area contributed by atoms with Gasteiger partial charge in [0.2, 0.25) is 5.91 Å². The molecule has 1 heterocycles. The van der Waals surface area contributed by atoms with Gasteiger partial charge in [-0.2, -0.15) is 0 Å². The summed E-state index contributed by atoms with van der Waals surface area (Å²) < 4.78 is 0. The zero-order valence-corrected chi connectivity index (χ0v) is 16.1. The minimum atomic E-state index is -0.0634. The van der Waals surface area contributed by atoms with Crippen molar-refractivity contribution in [2.45, 2.75) is 32.9 Å². The quantitative estimate of drug-likeness (QED) is 0.855. The van der Waals surface area contributed by atoms with Crippen LogP contribution < -0.4 is 10.2 Å². The number of nitrogens with zero attached hydrogens (tertiary/aromatic N) is 2. The van der Waals surface area contributed by atoms with Crippen LogP contribution in [-0.4, -0.2) is 36.9 Å². The maximum atomic E-state index is 12.8. The van der Waals surface area contributed by atoms with Gasteiger partial charge in [0.05, 0.1) is 0 Å². The van der Waals surface area contributed by atoms with Crippen LogP contribution in [0.15, 0.2) is 48.5 Å². The normalized spacial score (nSPS) is 13.5. The molecule has 5 nitrogen and oxygen atoms in total. The van der Waals surface area contributed by atoms with Gasteiger partial charge < -0.3 is 15.1 Å². The number of anilines is 1. The molecule has 27 heavy (non-hydrogen) atoms. The van der Waals surface area contributed by atoms with Gasteiger partial charge in [0, 0.05) is 51.4 Å². The fourth-order valence-corrected chi connectivity index (χ4v) is 3.45. The molecule has 0 bridgehead atoms. The largest absolute Gasteiger partial charge is 0.371 e. The molecule has 0 unspecified atom stereocenters. The molecule has 2 aromatic carbocycles. The van der Waals surface area contributed by atoms with Gasteiger partial charge in [0.15, 0.2) is 0 Å². The maximum absolute atomic E-state index is 12.8. The molecule has 142 valence electrons. The second-order valence-electron chi connectivity index (χ2n) is 7.09. The van der Waals surface area contributed by atoms with Gasteiger partial charge in [-0.25, -0.2) is 0 Å². The van der Waals surface area contributed by atoms with E-state index in [1.54, 1.807) is 4.90 Å². The van der Waals surface area contributed by atoms with E-state index in [2.05, 4.69) is 28.4 Å². The number of carbonyl (C=O) groups is 2. The molecule has 0 aliphatic carbocycles. The molecule has 0 saturated carbocycles. The molecule has 1 aliphatic rings. The minimum Gasteiger partial charge on any atom is -0.371 e. The summed E-state index contributed by atoms with van der Waals surface area (Å²) in [5.41, 5.74) is 4.05. The summed E-state index contributed by atoms with van der Waals surface area (Å²) in [6, 6.07) is 15.8. The summed E-state index contributed by atoms with van der Waals surface area (Å²) in [5, 5.41) is 2.76. The third-order valence-electron chi connectivity index (χ3n) is 4.93. The Hall–Kier alpha value is -2.82. The van der Waals surface area contributed by atoms with Crippen LogP contribution >= 0.6 is 0 Å². The molecule has 0 radical (unpaired) electrons. The highest BCUT2D eigenvalue weighted by molar-refractivity contribution is 5.94. The molecule has 2 aromatic rings. The zero-order valence-electron chi connectivity index (χ0n) is 16.1. The van der Waals surface area contributed by atoms with Crippen molar-refractivity contribution >= 4 is 17.5 Å². The Labute approximate surface area is 161 Å². The molecular formula is C22H27N3O2. The first-order valence-electron chi connectivity index (χ1n) is 9.46. The maximum Gasteiger partial charge on any atom is 0.253 e. The van der Waals surface area contributed by atoms with E-state index in [0.29, 0.717) is 18.7 Å². The summed E-state index contributed by atoms with van der Waals surface area (Å²) in [4.78, 5) is 28.0. The number of amides is 2. The first-order valence-corrected chi connectivity index (χ1v) is 9.46. The third kappa shape index (κ3) is 4.88. The van der Waals surface area contributed by atoms with Gasteiger partial charge in [-0.05, 0) is 42.2 Å². The smallest absolute Gasteiger partial charge is 0.253 e. The third-order valence-corrected chi connectivity index (χ3v) is 4.93. The Bertz CT molecular complexity index is 795. The Balaban J connectivity index is 1.67. The molecule has 1 fully saturated rings. The monoisotopic (exact) mass is 365 g/mol. The van der Waals surface area contributed by atoms with Crippen molar-refractivity contribution < 1.29 is 9.59 Å². The molecule has 5 heteroatoms. The highest BCUT2D eigenvalue weighted by Gasteiger charge is 2.18.